The number of anilines is 2. The maximum atomic E-state index is 16.8. The van der Waals surface area contributed by atoms with E-state index < -0.39 is 17.7 Å². The Morgan fingerprint density at radius 3 is 2.70 bits per heavy atom. The molecule has 206 valence electrons. The van der Waals surface area contributed by atoms with Gasteiger partial charge in [-0.2, -0.15) is 15.2 Å². The topological polar surface area (TPSA) is 134 Å². The zero-order valence-electron chi connectivity index (χ0n) is 21.7. The Morgan fingerprint density at radius 1 is 1.25 bits per heavy atom. The Bertz CT molecular complexity index is 1740. The summed E-state index contributed by atoms with van der Waals surface area (Å²) in [5, 5.41) is 20.5. The Labute approximate surface area is 231 Å². The van der Waals surface area contributed by atoms with Crippen molar-refractivity contribution in [3.05, 3.63) is 34.5 Å². The van der Waals surface area contributed by atoms with E-state index in [1.54, 1.807) is 6.92 Å². The van der Waals surface area contributed by atoms with Crippen molar-refractivity contribution in [2.24, 2.45) is 0 Å². The lowest BCUT2D eigenvalue weighted by molar-refractivity contribution is 0.0653. The number of β-amino-alcohol motifs (C(OH)–C–C–N with tert-alkyl or cyclic N) is 1. The number of halogens is 2. The Morgan fingerprint density at radius 2 is 2.00 bits per heavy atom. The zero-order valence-corrected chi connectivity index (χ0v) is 22.6. The van der Waals surface area contributed by atoms with E-state index >= 15 is 4.39 Å². The molecule has 2 saturated heterocycles. The molecular weight excluding hydrogens is 540 g/mol. The lowest BCUT2D eigenvalue weighted by atomic mass is 9.86. The molecule has 3 N–H and O–H groups in total. The third-order valence-corrected chi connectivity index (χ3v) is 9.05. The molecule has 7 rings (SSSR count). The van der Waals surface area contributed by atoms with E-state index in [-0.39, 0.29) is 68.7 Å². The predicted octanol–water partition coefficient (Wildman–Crippen LogP) is 3.32. The highest BCUT2D eigenvalue weighted by molar-refractivity contribution is 7.23. The highest BCUT2D eigenvalue weighted by atomic mass is 32.1. The second-order valence-electron chi connectivity index (χ2n) is 10.5. The first-order chi connectivity index (χ1) is 19.3. The van der Waals surface area contributed by atoms with Crippen molar-refractivity contribution in [2.45, 2.75) is 44.7 Å². The molecule has 0 spiro atoms. The van der Waals surface area contributed by atoms with Crippen molar-refractivity contribution < 1.29 is 23.4 Å². The Kier molecular flexibility index (Phi) is 5.79. The number of benzene rings is 1. The second kappa shape index (κ2) is 9.17. The third-order valence-electron chi connectivity index (χ3n) is 8.02. The van der Waals surface area contributed by atoms with Crippen LogP contribution in [0.15, 0.2) is 6.20 Å². The van der Waals surface area contributed by atoms with Gasteiger partial charge in [0.05, 0.1) is 54.0 Å². The molecule has 3 aromatic heterocycles. The summed E-state index contributed by atoms with van der Waals surface area (Å²) < 4.78 is 42.9. The molecule has 0 aliphatic carbocycles. The van der Waals surface area contributed by atoms with Gasteiger partial charge in [0.1, 0.15) is 22.4 Å². The minimum Gasteiger partial charge on any atom is -0.467 e. The third kappa shape index (κ3) is 3.56. The van der Waals surface area contributed by atoms with Crippen molar-refractivity contribution in [2.75, 3.05) is 37.4 Å². The van der Waals surface area contributed by atoms with Crippen LogP contribution in [0.1, 0.15) is 30.0 Å². The minimum atomic E-state index is -0.670. The molecule has 3 aliphatic heterocycles. The summed E-state index contributed by atoms with van der Waals surface area (Å²) in [6, 6.07) is 2.34. The maximum Gasteiger partial charge on any atom is 0.318 e. The van der Waals surface area contributed by atoms with Gasteiger partial charge in [0, 0.05) is 42.7 Å². The Hall–Kier alpha value is -3.70. The van der Waals surface area contributed by atoms with Crippen LogP contribution < -0.4 is 15.4 Å². The molecule has 0 amide bonds. The number of thiophene rings is 1. The fraction of sp³-hybridized carbons (Fsp3) is 0.407. The van der Waals surface area contributed by atoms with Gasteiger partial charge in [-0.3, -0.25) is 9.88 Å². The van der Waals surface area contributed by atoms with Crippen molar-refractivity contribution in [3.63, 3.8) is 0 Å². The number of fused-ring (bicyclic) bond motifs is 6. The standard InChI is InChI=1S/C27H25F2N7O3S/c1-11(37)6-35-7-12-3-13(8-35)36(12)26-20-16-10-39-9-15(16)18(21(29)23(20)33-27(34-26)38-2)22-19-14(4-30)25(31)40-24(19)17(28)5-32-22/h5,11-13,37H,3,6-10,31H2,1-2H3. The highest BCUT2D eigenvalue weighted by Crippen LogP contribution is 2.48. The molecule has 4 aromatic rings. The van der Waals surface area contributed by atoms with Crippen molar-refractivity contribution >= 4 is 43.1 Å². The minimum absolute atomic E-state index is 0.0201. The first-order valence-corrected chi connectivity index (χ1v) is 13.7. The summed E-state index contributed by atoms with van der Waals surface area (Å²) in [5.74, 6) is -0.718. The molecule has 3 unspecified atom stereocenters. The number of rotatable bonds is 5. The number of aliphatic hydroxyl groups is 1. The quantitative estimate of drug-likeness (QED) is 0.371. The largest absolute Gasteiger partial charge is 0.467 e. The van der Waals surface area contributed by atoms with E-state index in [9.17, 15) is 14.8 Å². The van der Waals surface area contributed by atoms with E-state index in [1.807, 2.05) is 6.07 Å². The van der Waals surface area contributed by atoms with Gasteiger partial charge >= 0.3 is 6.01 Å². The summed E-state index contributed by atoms with van der Waals surface area (Å²) in [6.45, 7) is 4.19. The Balaban J connectivity index is 1.46. The number of hydrogen-bond donors (Lipinski definition) is 2. The number of ether oxygens (including phenoxy) is 2. The van der Waals surface area contributed by atoms with Crippen LogP contribution in [0.3, 0.4) is 0 Å². The molecule has 2 bridgehead atoms. The van der Waals surface area contributed by atoms with Gasteiger partial charge in [-0.15, -0.1) is 11.3 Å². The molecule has 13 heteroatoms. The number of hydrogen-bond acceptors (Lipinski definition) is 11. The van der Waals surface area contributed by atoms with Crippen LogP contribution in [0.5, 0.6) is 6.01 Å². The molecule has 0 radical (unpaired) electrons. The molecule has 2 fully saturated rings. The van der Waals surface area contributed by atoms with Gasteiger partial charge in [0.2, 0.25) is 0 Å². The summed E-state index contributed by atoms with van der Waals surface area (Å²) in [7, 11) is 1.43. The van der Waals surface area contributed by atoms with Crippen LogP contribution in [0, 0.1) is 23.0 Å². The zero-order chi connectivity index (χ0) is 27.9. The summed E-state index contributed by atoms with van der Waals surface area (Å²) in [6.07, 6.45) is 1.56. The van der Waals surface area contributed by atoms with Crippen LogP contribution in [-0.4, -0.2) is 69.9 Å². The SMILES string of the molecule is COc1nc(N2C3CC2CN(CC(C)O)C3)c2c3c(c(-c4ncc(F)c5sc(N)c(C#N)c45)c(F)c2n1)COC3. The maximum absolute atomic E-state index is 16.8. The van der Waals surface area contributed by atoms with Crippen LogP contribution in [0.2, 0.25) is 0 Å². The van der Waals surface area contributed by atoms with Gasteiger partial charge in [-0.1, -0.05) is 0 Å². The van der Waals surface area contributed by atoms with Crippen LogP contribution >= 0.6 is 11.3 Å². The first-order valence-electron chi connectivity index (χ1n) is 12.9. The van der Waals surface area contributed by atoms with Gasteiger partial charge < -0.3 is 25.2 Å². The smallest absolute Gasteiger partial charge is 0.318 e. The molecule has 0 saturated carbocycles. The lowest BCUT2D eigenvalue weighted by Crippen LogP contribution is -2.69. The van der Waals surface area contributed by atoms with E-state index in [0.717, 1.165) is 42.6 Å². The van der Waals surface area contributed by atoms with E-state index in [1.165, 1.54) is 7.11 Å². The average molecular weight is 566 g/mol. The number of piperidine rings is 1. The van der Waals surface area contributed by atoms with Gasteiger partial charge in [-0.25, -0.2) is 8.78 Å². The van der Waals surface area contributed by atoms with Gasteiger partial charge in [0.25, 0.3) is 0 Å². The number of methoxy groups -OCH3 is 1. The summed E-state index contributed by atoms with van der Waals surface area (Å²) >= 11 is 0.932. The fourth-order valence-corrected chi connectivity index (χ4v) is 7.39. The van der Waals surface area contributed by atoms with Crippen LogP contribution in [0.25, 0.3) is 32.2 Å². The van der Waals surface area contributed by atoms with Crippen molar-refractivity contribution in [3.8, 4) is 23.3 Å². The molecule has 1 aromatic carbocycles. The fourth-order valence-electron chi connectivity index (χ4n) is 6.47. The molecule has 40 heavy (non-hydrogen) atoms. The molecule has 10 nitrogen and oxygen atoms in total. The normalized spacial score (nSPS) is 20.9. The number of nitrogens with two attached hydrogens (primary N) is 1. The molecule has 3 atom stereocenters. The van der Waals surface area contributed by atoms with Gasteiger partial charge in [0.15, 0.2) is 11.6 Å². The van der Waals surface area contributed by atoms with Gasteiger partial charge in [-0.05, 0) is 24.5 Å². The van der Waals surface area contributed by atoms with Crippen LogP contribution in [-0.2, 0) is 18.0 Å². The molecular formula is C27H25F2N7O3S. The molecule has 6 heterocycles. The van der Waals surface area contributed by atoms with E-state index in [2.05, 4.69) is 19.8 Å². The lowest BCUT2D eigenvalue weighted by Gasteiger charge is -2.57. The number of nitrogens with zero attached hydrogens (tertiary/aromatic N) is 6. The van der Waals surface area contributed by atoms with Crippen LogP contribution in [0.4, 0.5) is 19.6 Å². The average Bonchev–Trinajstić information content (AvgIpc) is 3.54. The second-order valence-corrected chi connectivity index (χ2v) is 11.6. The van der Waals surface area contributed by atoms with Crippen molar-refractivity contribution in [1.82, 2.24) is 19.9 Å². The summed E-state index contributed by atoms with van der Waals surface area (Å²) in [4.78, 5) is 17.8. The number of nitriles is 1. The first kappa shape index (κ1) is 25.3. The monoisotopic (exact) mass is 565 g/mol. The molecule has 3 aliphatic rings. The predicted molar refractivity (Wildman–Crippen MR) is 145 cm³/mol. The van der Waals surface area contributed by atoms with Crippen molar-refractivity contribution in [1.29, 1.82) is 5.26 Å². The number of nitrogen functional groups attached to an aromatic ring is 1. The number of aliphatic hydroxyl groups excluding tert-OH is 1. The summed E-state index contributed by atoms with van der Waals surface area (Å²) in [5.41, 5.74) is 7.68. The number of pyridine rings is 1. The number of aromatic nitrogens is 3. The van der Waals surface area contributed by atoms with E-state index in [4.69, 9.17) is 20.2 Å². The number of piperazine rings is 1. The highest BCUT2D eigenvalue weighted by Gasteiger charge is 2.47. The number of likely N-dealkylation sites (tertiary alicyclic amines) is 1. The van der Waals surface area contributed by atoms with E-state index in [0.29, 0.717) is 23.3 Å².